The summed E-state index contributed by atoms with van der Waals surface area (Å²) < 4.78 is 5.51. The molecular weight excluding hydrogens is 176 g/mol. The van der Waals surface area contributed by atoms with Crippen molar-refractivity contribution >= 4 is 5.88 Å². The number of hydrogen-bond acceptors (Lipinski definition) is 3. The summed E-state index contributed by atoms with van der Waals surface area (Å²) in [5.41, 5.74) is 5.56. The lowest BCUT2D eigenvalue weighted by Gasteiger charge is -2.17. The van der Waals surface area contributed by atoms with E-state index < -0.39 is 0 Å². The van der Waals surface area contributed by atoms with Crippen LogP contribution in [-0.4, -0.2) is 20.1 Å². The molecule has 0 aromatic carbocycles. The van der Waals surface area contributed by atoms with E-state index in [1.54, 1.807) is 0 Å². The molecule has 0 aliphatic heterocycles. The summed E-state index contributed by atoms with van der Waals surface area (Å²) >= 11 is 0. The summed E-state index contributed by atoms with van der Waals surface area (Å²) in [4.78, 5) is 2.12. The van der Waals surface area contributed by atoms with Gasteiger partial charge in [0.2, 0.25) is 0 Å². The van der Waals surface area contributed by atoms with Gasteiger partial charge >= 0.3 is 0 Å². The molecule has 14 heavy (non-hydrogen) atoms. The standard InChI is InChI=1S/C11H20N2O/c1-9(8-12)6-7-13(3)11-5-4-10(2)14-11/h4-5,9H,6-8,12H2,1-3H3. The van der Waals surface area contributed by atoms with Crippen LogP contribution in [0.1, 0.15) is 19.1 Å². The van der Waals surface area contributed by atoms with Gasteiger partial charge in [0, 0.05) is 19.7 Å². The van der Waals surface area contributed by atoms with Crippen LogP contribution in [0, 0.1) is 12.8 Å². The number of furan rings is 1. The molecular formula is C11H20N2O. The van der Waals surface area contributed by atoms with Crippen molar-refractivity contribution in [1.29, 1.82) is 0 Å². The highest BCUT2D eigenvalue weighted by Gasteiger charge is 2.06. The number of rotatable bonds is 5. The minimum absolute atomic E-state index is 0.577. The largest absolute Gasteiger partial charge is 0.446 e. The Morgan fingerprint density at radius 3 is 2.71 bits per heavy atom. The molecule has 0 saturated carbocycles. The van der Waals surface area contributed by atoms with Crippen molar-refractivity contribution in [2.75, 3.05) is 25.0 Å². The Morgan fingerprint density at radius 1 is 1.50 bits per heavy atom. The molecule has 3 nitrogen and oxygen atoms in total. The van der Waals surface area contributed by atoms with Gasteiger partial charge in [-0.15, -0.1) is 0 Å². The van der Waals surface area contributed by atoms with Gasteiger partial charge in [0.15, 0.2) is 5.88 Å². The zero-order chi connectivity index (χ0) is 10.6. The van der Waals surface area contributed by atoms with Gasteiger partial charge in [-0.05, 0) is 31.9 Å². The quantitative estimate of drug-likeness (QED) is 0.783. The number of hydrogen-bond donors (Lipinski definition) is 1. The van der Waals surface area contributed by atoms with Crippen LogP contribution in [0.4, 0.5) is 5.88 Å². The van der Waals surface area contributed by atoms with Crippen LogP contribution in [0.5, 0.6) is 0 Å². The highest BCUT2D eigenvalue weighted by molar-refractivity contribution is 5.34. The van der Waals surface area contributed by atoms with E-state index in [2.05, 4.69) is 11.8 Å². The van der Waals surface area contributed by atoms with Crippen molar-refractivity contribution < 1.29 is 4.42 Å². The first-order chi connectivity index (χ1) is 6.63. The maximum Gasteiger partial charge on any atom is 0.195 e. The SMILES string of the molecule is Cc1ccc(N(C)CCC(C)CN)o1. The molecule has 0 saturated heterocycles. The van der Waals surface area contributed by atoms with E-state index in [1.165, 1.54) is 0 Å². The lowest BCUT2D eigenvalue weighted by Crippen LogP contribution is -2.22. The van der Waals surface area contributed by atoms with E-state index in [9.17, 15) is 0 Å². The lowest BCUT2D eigenvalue weighted by atomic mass is 10.1. The summed E-state index contributed by atoms with van der Waals surface area (Å²) in [5, 5.41) is 0. The fourth-order valence-corrected chi connectivity index (χ4v) is 1.27. The smallest absolute Gasteiger partial charge is 0.195 e. The number of aryl methyl sites for hydroxylation is 1. The number of nitrogens with two attached hydrogens (primary N) is 1. The third-order valence-electron chi connectivity index (χ3n) is 2.46. The Bertz CT molecular complexity index is 270. The first kappa shape index (κ1) is 11.1. The van der Waals surface area contributed by atoms with Crippen LogP contribution in [0.2, 0.25) is 0 Å². The first-order valence-corrected chi connectivity index (χ1v) is 5.11. The zero-order valence-electron chi connectivity index (χ0n) is 9.29. The summed E-state index contributed by atoms with van der Waals surface area (Å²) in [7, 11) is 2.04. The summed E-state index contributed by atoms with van der Waals surface area (Å²) in [6, 6.07) is 3.99. The van der Waals surface area contributed by atoms with Crippen molar-refractivity contribution in [3.8, 4) is 0 Å². The molecule has 1 heterocycles. The fourth-order valence-electron chi connectivity index (χ4n) is 1.27. The highest BCUT2D eigenvalue weighted by atomic mass is 16.4. The van der Waals surface area contributed by atoms with Crippen molar-refractivity contribution in [2.24, 2.45) is 11.7 Å². The summed E-state index contributed by atoms with van der Waals surface area (Å²) in [6.07, 6.45) is 1.10. The van der Waals surface area contributed by atoms with E-state index in [0.717, 1.165) is 31.2 Å². The molecule has 80 valence electrons. The highest BCUT2D eigenvalue weighted by Crippen LogP contribution is 2.17. The van der Waals surface area contributed by atoms with Gasteiger partial charge in [-0.3, -0.25) is 0 Å². The lowest BCUT2D eigenvalue weighted by molar-refractivity contribution is 0.501. The molecule has 2 N–H and O–H groups in total. The van der Waals surface area contributed by atoms with Crippen LogP contribution >= 0.6 is 0 Å². The van der Waals surface area contributed by atoms with E-state index >= 15 is 0 Å². The number of anilines is 1. The Morgan fingerprint density at radius 2 is 2.21 bits per heavy atom. The van der Waals surface area contributed by atoms with Gasteiger partial charge in [-0.25, -0.2) is 0 Å². The molecule has 0 aliphatic rings. The normalized spacial score (nSPS) is 12.9. The average Bonchev–Trinajstić information content (AvgIpc) is 2.60. The van der Waals surface area contributed by atoms with Crippen molar-refractivity contribution in [3.05, 3.63) is 17.9 Å². The van der Waals surface area contributed by atoms with Gasteiger partial charge in [-0.1, -0.05) is 6.92 Å². The van der Waals surface area contributed by atoms with Gasteiger partial charge in [-0.2, -0.15) is 0 Å². The topological polar surface area (TPSA) is 42.4 Å². The predicted octanol–water partition coefficient (Wildman–Crippen LogP) is 2.01. The molecule has 3 heteroatoms. The van der Waals surface area contributed by atoms with Gasteiger partial charge in [0.05, 0.1) is 0 Å². The third-order valence-corrected chi connectivity index (χ3v) is 2.46. The monoisotopic (exact) mass is 196 g/mol. The van der Waals surface area contributed by atoms with Crippen LogP contribution in [0.25, 0.3) is 0 Å². The maximum atomic E-state index is 5.56. The summed E-state index contributed by atoms with van der Waals surface area (Å²) in [5.74, 6) is 2.47. The second-order valence-corrected chi connectivity index (χ2v) is 3.94. The summed E-state index contributed by atoms with van der Waals surface area (Å²) in [6.45, 7) is 5.87. The molecule has 1 aromatic rings. The van der Waals surface area contributed by atoms with Gasteiger partial charge in [0.25, 0.3) is 0 Å². The zero-order valence-corrected chi connectivity index (χ0v) is 9.29. The van der Waals surface area contributed by atoms with Crippen LogP contribution in [0.3, 0.4) is 0 Å². The van der Waals surface area contributed by atoms with E-state index in [-0.39, 0.29) is 0 Å². The molecule has 1 rings (SSSR count). The third kappa shape index (κ3) is 3.07. The van der Waals surface area contributed by atoms with Gasteiger partial charge in [0.1, 0.15) is 5.76 Å². The molecule has 0 radical (unpaired) electrons. The molecule has 1 aromatic heterocycles. The molecule has 0 aliphatic carbocycles. The van der Waals surface area contributed by atoms with Crippen LogP contribution in [-0.2, 0) is 0 Å². The Kier molecular flexibility index (Phi) is 4.01. The molecule has 0 amide bonds. The average molecular weight is 196 g/mol. The van der Waals surface area contributed by atoms with Crippen molar-refractivity contribution in [2.45, 2.75) is 20.3 Å². The second kappa shape index (κ2) is 5.05. The van der Waals surface area contributed by atoms with Crippen LogP contribution < -0.4 is 10.6 Å². The van der Waals surface area contributed by atoms with E-state index in [4.69, 9.17) is 10.2 Å². The molecule has 0 fully saturated rings. The minimum atomic E-state index is 0.577. The Labute approximate surface area is 85.9 Å². The maximum absolute atomic E-state index is 5.56. The van der Waals surface area contributed by atoms with Crippen molar-refractivity contribution in [1.82, 2.24) is 0 Å². The van der Waals surface area contributed by atoms with E-state index in [1.807, 2.05) is 26.1 Å². The molecule has 0 bridgehead atoms. The molecule has 1 atom stereocenters. The second-order valence-electron chi connectivity index (χ2n) is 3.94. The predicted molar refractivity (Wildman–Crippen MR) is 59.6 cm³/mol. The van der Waals surface area contributed by atoms with Crippen LogP contribution in [0.15, 0.2) is 16.5 Å². The molecule has 0 spiro atoms. The van der Waals surface area contributed by atoms with E-state index in [0.29, 0.717) is 5.92 Å². The van der Waals surface area contributed by atoms with Crippen molar-refractivity contribution in [3.63, 3.8) is 0 Å². The Balaban J connectivity index is 2.39. The van der Waals surface area contributed by atoms with Gasteiger partial charge < -0.3 is 15.1 Å². The Hall–Kier alpha value is -0.960. The minimum Gasteiger partial charge on any atom is -0.446 e. The number of nitrogens with zero attached hydrogens (tertiary/aromatic N) is 1. The molecule has 1 unspecified atom stereocenters. The fraction of sp³-hybridized carbons (Fsp3) is 0.636. The first-order valence-electron chi connectivity index (χ1n) is 5.11.